The number of nitrogens with zero attached hydrogens (tertiary/aromatic N) is 1. The minimum absolute atomic E-state index is 0.253. The van der Waals surface area contributed by atoms with Crippen LogP contribution in [-0.4, -0.2) is 37.4 Å². The van der Waals surface area contributed by atoms with Crippen molar-refractivity contribution < 1.29 is 23.4 Å². The third-order valence-corrected chi connectivity index (χ3v) is 3.89. The predicted molar refractivity (Wildman–Crippen MR) is 98.0 cm³/mol. The Labute approximate surface area is 155 Å². The Morgan fingerprint density at radius 2 is 1.63 bits per heavy atom. The van der Waals surface area contributed by atoms with Gasteiger partial charge in [0, 0.05) is 23.4 Å². The van der Waals surface area contributed by atoms with Crippen molar-refractivity contribution in [2.45, 2.75) is 0 Å². The largest absolute Gasteiger partial charge is 0.493 e. The number of hydrogen-bond donors (Lipinski definition) is 2. The zero-order chi connectivity index (χ0) is 19.4. The Morgan fingerprint density at radius 3 is 2.19 bits per heavy atom. The van der Waals surface area contributed by atoms with Gasteiger partial charge in [-0.05, 0) is 30.3 Å². The first-order chi connectivity index (χ1) is 13.0. The molecule has 0 radical (unpaired) electrons. The molecule has 0 saturated carbocycles. The lowest BCUT2D eigenvalue weighted by Gasteiger charge is -2.14. The molecule has 0 atom stereocenters. The minimum atomic E-state index is -0.398. The van der Waals surface area contributed by atoms with Crippen LogP contribution in [0.15, 0.2) is 42.5 Å². The second-order valence-electron chi connectivity index (χ2n) is 5.54. The summed E-state index contributed by atoms with van der Waals surface area (Å²) in [6, 6.07) is 10.7. The van der Waals surface area contributed by atoms with Gasteiger partial charge in [0.1, 0.15) is 11.5 Å². The summed E-state index contributed by atoms with van der Waals surface area (Å²) in [5.74, 6) is 0.533. The van der Waals surface area contributed by atoms with E-state index in [2.05, 4.69) is 15.5 Å². The Bertz CT molecular complexity index is 929. The van der Waals surface area contributed by atoms with E-state index in [0.29, 0.717) is 34.2 Å². The van der Waals surface area contributed by atoms with Crippen molar-refractivity contribution in [1.29, 1.82) is 0 Å². The van der Waals surface area contributed by atoms with E-state index in [0.717, 1.165) is 0 Å². The van der Waals surface area contributed by atoms with Crippen LogP contribution in [0.3, 0.4) is 0 Å². The lowest BCUT2D eigenvalue weighted by Crippen LogP contribution is -2.12. The van der Waals surface area contributed by atoms with E-state index in [1.54, 1.807) is 30.3 Å². The van der Waals surface area contributed by atoms with Crippen molar-refractivity contribution in [3.8, 4) is 28.5 Å². The van der Waals surface area contributed by atoms with E-state index in [1.165, 1.54) is 33.5 Å². The highest BCUT2D eigenvalue weighted by Crippen LogP contribution is 2.40. The van der Waals surface area contributed by atoms with Gasteiger partial charge < -0.3 is 19.5 Å². The molecule has 3 rings (SSSR count). The maximum absolute atomic E-state index is 13.0. The number of nitrogens with one attached hydrogen (secondary N) is 2. The molecule has 7 nitrogen and oxygen atoms in total. The Hall–Kier alpha value is -3.55. The first kappa shape index (κ1) is 18.2. The molecule has 3 aromatic rings. The van der Waals surface area contributed by atoms with Crippen LogP contribution in [0.25, 0.3) is 11.3 Å². The van der Waals surface area contributed by atoms with Crippen molar-refractivity contribution in [1.82, 2.24) is 10.2 Å². The Kier molecular flexibility index (Phi) is 5.25. The SMILES string of the molecule is COc1cc(NC(=O)c2cc(-c3ccc(F)cc3)n[nH]2)cc(OC)c1OC. The Morgan fingerprint density at radius 1 is 1.00 bits per heavy atom. The van der Waals surface area contributed by atoms with Crippen LogP contribution in [0.5, 0.6) is 17.2 Å². The van der Waals surface area contributed by atoms with Gasteiger partial charge in [-0.2, -0.15) is 5.10 Å². The maximum atomic E-state index is 13.0. The van der Waals surface area contributed by atoms with Crippen LogP contribution in [0.2, 0.25) is 0 Å². The van der Waals surface area contributed by atoms with E-state index in [4.69, 9.17) is 14.2 Å². The fourth-order valence-electron chi connectivity index (χ4n) is 2.56. The molecule has 0 aliphatic rings. The molecule has 0 aliphatic heterocycles. The van der Waals surface area contributed by atoms with Gasteiger partial charge in [-0.1, -0.05) is 0 Å². The number of aromatic amines is 1. The summed E-state index contributed by atoms with van der Waals surface area (Å²) in [5, 5.41) is 9.52. The van der Waals surface area contributed by atoms with Crippen LogP contribution < -0.4 is 19.5 Å². The molecule has 0 unspecified atom stereocenters. The topological polar surface area (TPSA) is 85.5 Å². The lowest BCUT2D eigenvalue weighted by atomic mass is 10.1. The van der Waals surface area contributed by atoms with Gasteiger partial charge in [-0.25, -0.2) is 4.39 Å². The molecule has 1 amide bonds. The van der Waals surface area contributed by atoms with E-state index >= 15 is 0 Å². The van der Waals surface area contributed by atoms with Crippen LogP contribution in [0, 0.1) is 5.82 Å². The first-order valence-electron chi connectivity index (χ1n) is 7.98. The van der Waals surface area contributed by atoms with Gasteiger partial charge in [0.2, 0.25) is 5.75 Å². The molecule has 0 spiro atoms. The van der Waals surface area contributed by atoms with Crippen LogP contribution in [0.4, 0.5) is 10.1 Å². The van der Waals surface area contributed by atoms with Gasteiger partial charge in [-0.3, -0.25) is 9.89 Å². The van der Waals surface area contributed by atoms with Crippen LogP contribution in [-0.2, 0) is 0 Å². The number of halogens is 1. The maximum Gasteiger partial charge on any atom is 0.273 e. The number of H-pyrrole nitrogens is 1. The quantitative estimate of drug-likeness (QED) is 0.693. The zero-order valence-corrected chi connectivity index (χ0v) is 15.0. The summed E-state index contributed by atoms with van der Waals surface area (Å²) in [5.41, 5.74) is 1.94. The van der Waals surface area contributed by atoms with Gasteiger partial charge in [0.25, 0.3) is 5.91 Å². The molecule has 0 saturated heterocycles. The minimum Gasteiger partial charge on any atom is -0.493 e. The normalized spacial score (nSPS) is 10.4. The van der Waals surface area contributed by atoms with Crippen molar-refractivity contribution in [2.24, 2.45) is 0 Å². The molecule has 140 valence electrons. The molecule has 1 heterocycles. The van der Waals surface area contributed by atoms with Crippen molar-refractivity contribution in [2.75, 3.05) is 26.6 Å². The number of ether oxygens (including phenoxy) is 3. The summed E-state index contributed by atoms with van der Waals surface area (Å²) in [6.07, 6.45) is 0. The van der Waals surface area contributed by atoms with Crippen LogP contribution >= 0.6 is 0 Å². The van der Waals surface area contributed by atoms with Gasteiger partial charge in [0.15, 0.2) is 11.5 Å². The average Bonchev–Trinajstić information content (AvgIpc) is 3.18. The number of carbonyl (C=O) groups excluding carboxylic acids is 1. The molecular formula is C19H18FN3O4. The number of aromatic nitrogens is 2. The van der Waals surface area contributed by atoms with E-state index in [1.807, 2.05) is 0 Å². The third kappa shape index (κ3) is 3.84. The van der Waals surface area contributed by atoms with Gasteiger partial charge in [-0.15, -0.1) is 0 Å². The molecular weight excluding hydrogens is 353 g/mol. The highest BCUT2D eigenvalue weighted by atomic mass is 19.1. The smallest absolute Gasteiger partial charge is 0.273 e. The fourth-order valence-corrected chi connectivity index (χ4v) is 2.56. The first-order valence-corrected chi connectivity index (χ1v) is 7.98. The number of amides is 1. The zero-order valence-electron chi connectivity index (χ0n) is 15.0. The third-order valence-electron chi connectivity index (χ3n) is 3.89. The standard InChI is InChI=1S/C19H18FN3O4/c1-25-16-8-13(9-17(26-2)18(16)27-3)21-19(24)15-10-14(22-23-15)11-4-6-12(20)7-5-11/h4-10H,1-3H3,(H,21,24)(H,22,23). The molecule has 0 aliphatic carbocycles. The van der Waals surface area contributed by atoms with E-state index in [-0.39, 0.29) is 11.5 Å². The monoisotopic (exact) mass is 371 g/mol. The summed E-state index contributed by atoms with van der Waals surface area (Å²) < 4.78 is 28.8. The summed E-state index contributed by atoms with van der Waals surface area (Å²) >= 11 is 0. The van der Waals surface area contributed by atoms with E-state index in [9.17, 15) is 9.18 Å². The van der Waals surface area contributed by atoms with Crippen molar-refractivity contribution in [3.63, 3.8) is 0 Å². The van der Waals surface area contributed by atoms with Crippen LogP contribution in [0.1, 0.15) is 10.5 Å². The highest BCUT2D eigenvalue weighted by Gasteiger charge is 2.16. The van der Waals surface area contributed by atoms with Gasteiger partial charge in [0.05, 0.1) is 27.0 Å². The molecule has 1 aromatic heterocycles. The summed E-state index contributed by atoms with van der Waals surface area (Å²) in [7, 11) is 4.49. The summed E-state index contributed by atoms with van der Waals surface area (Å²) in [6.45, 7) is 0. The number of rotatable bonds is 6. The second kappa shape index (κ2) is 7.77. The lowest BCUT2D eigenvalue weighted by molar-refractivity contribution is 0.102. The Balaban J connectivity index is 1.82. The predicted octanol–water partition coefficient (Wildman–Crippen LogP) is 3.49. The molecule has 0 bridgehead atoms. The molecule has 0 fully saturated rings. The highest BCUT2D eigenvalue weighted by molar-refractivity contribution is 6.03. The number of benzene rings is 2. The average molecular weight is 371 g/mol. The number of methoxy groups -OCH3 is 3. The number of carbonyl (C=O) groups is 1. The number of anilines is 1. The van der Waals surface area contributed by atoms with Crippen molar-refractivity contribution >= 4 is 11.6 Å². The molecule has 2 aromatic carbocycles. The molecule has 27 heavy (non-hydrogen) atoms. The molecule has 8 heteroatoms. The second-order valence-corrected chi connectivity index (χ2v) is 5.54. The summed E-state index contributed by atoms with van der Waals surface area (Å²) in [4.78, 5) is 12.5. The van der Waals surface area contributed by atoms with Crippen molar-refractivity contribution in [3.05, 3.63) is 54.0 Å². The van der Waals surface area contributed by atoms with E-state index < -0.39 is 5.91 Å². The van der Waals surface area contributed by atoms with Gasteiger partial charge >= 0.3 is 0 Å². The number of hydrogen-bond acceptors (Lipinski definition) is 5. The molecule has 2 N–H and O–H groups in total. The fraction of sp³-hybridized carbons (Fsp3) is 0.158.